The van der Waals surface area contributed by atoms with Crippen LogP contribution in [0.2, 0.25) is 0 Å². The number of rotatable bonds is 5. The second kappa shape index (κ2) is 9.38. The molecule has 3 aliphatic rings. The van der Waals surface area contributed by atoms with Crippen molar-refractivity contribution in [2.45, 2.75) is 92.1 Å². The Bertz CT molecular complexity index is 678. The number of hydrogen-bond acceptors (Lipinski definition) is 1. The number of hydrogen-bond donors (Lipinski definition) is 1. The number of aliphatic hydroxyl groups excluding tert-OH is 1. The van der Waals surface area contributed by atoms with Crippen LogP contribution in [0.25, 0.3) is 0 Å². The maximum absolute atomic E-state index is 10.0. The molecule has 0 aromatic carbocycles. The Hall–Kier alpha value is -1.08. The smallest absolute Gasteiger partial charge is 0.0583 e. The van der Waals surface area contributed by atoms with E-state index < -0.39 is 0 Å². The molecule has 0 spiro atoms. The molecule has 3 aliphatic carbocycles. The molecule has 0 heterocycles. The molecule has 1 N–H and O–H groups in total. The van der Waals surface area contributed by atoms with E-state index in [1.54, 1.807) is 5.57 Å². The minimum absolute atomic E-state index is 0.182. The van der Waals surface area contributed by atoms with Gasteiger partial charge in [0.15, 0.2) is 0 Å². The first-order valence-corrected chi connectivity index (χ1v) is 12.2. The predicted octanol–water partition coefficient (Wildman–Crippen LogP) is 7.64. The van der Waals surface area contributed by atoms with Gasteiger partial charge in [0.2, 0.25) is 0 Å². The third-order valence-corrected chi connectivity index (χ3v) is 8.63. The van der Waals surface area contributed by atoms with Crippen molar-refractivity contribution in [3.05, 3.63) is 47.6 Å². The lowest BCUT2D eigenvalue weighted by Crippen LogP contribution is -2.35. The highest BCUT2D eigenvalue weighted by Crippen LogP contribution is 2.59. The molecule has 3 fully saturated rings. The maximum Gasteiger partial charge on any atom is 0.0583 e. The van der Waals surface area contributed by atoms with Gasteiger partial charge in [-0.15, -0.1) is 0 Å². The summed E-state index contributed by atoms with van der Waals surface area (Å²) in [4.78, 5) is 0. The van der Waals surface area contributed by atoms with Crippen LogP contribution in [0, 0.1) is 35.0 Å². The Morgan fingerprint density at radius 2 is 1.79 bits per heavy atom. The minimum Gasteiger partial charge on any atom is -0.393 e. The lowest BCUT2D eigenvalue weighted by atomic mass is 9.61. The van der Waals surface area contributed by atoms with Crippen molar-refractivity contribution in [2.24, 2.45) is 35.0 Å². The SMILES string of the molecule is C=C1CC[C@@H](O)CC1=CC=C1CCC[C@]2(C)[C@@H]([C@H](C)/C=C/[C@H](C)C(C)C)CC[C@@H]12. The molecule has 0 aromatic rings. The standard InChI is InChI=1S/C28H44O/c1-19(2)20(3)9-10-22(5)26-15-16-27-23(8-7-17-28(26,27)6)12-13-24-18-25(29)14-11-21(24)4/h9-10,12-13,19-20,22,25-27,29H,4,7-8,11,14-18H2,1-3,5-6H3/b10-9+,23-12?,24-13?/t20-,22+,25+,26+,27-,28+/m0/s1. The van der Waals surface area contributed by atoms with Crippen LogP contribution in [0.1, 0.15) is 86.0 Å². The van der Waals surface area contributed by atoms with Crippen LogP contribution in [-0.4, -0.2) is 11.2 Å². The first-order valence-electron chi connectivity index (χ1n) is 12.2. The molecule has 3 saturated carbocycles. The molecule has 0 unspecified atom stereocenters. The van der Waals surface area contributed by atoms with Crippen LogP contribution in [-0.2, 0) is 0 Å². The third-order valence-electron chi connectivity index (χ3n) is 8.63. The quantitative estimate of drug-likeness (QED) is 0.473. The summed E-state index contributed by atoms with van der Waals surface area (Å²) in [6.45, 7) is 16.3. The van der Waals surface area contributed by atoms with Gasteiger partial charge in [0, 0.05) is 0 Å². The van der Waals surface area contributed by atoms with E-state index in [2.05, 4.69) is 65.5 Å². The monoisotopic (exact) mass is 396 g/mol. The minimum atomic E-state index is -0.182. The van der Waals surface area contributed by atoms with E-state index in [0.29, 0.717) is 17.3 Å². The zero-order valence-corrected chi connectivity index (χ0v) is 19.6. The van der Waals surface area contributed by atoms with Crippen molar-refractivity contribution >= 4 is 0 Å². The fourth-order valence-electron chi connectivity index (χ4n) is 6.25. The molecule has 0 amide bonds. The zero-order chi connectivity index (χ0) is 21.2. The molecular weight excluding hydrogens is 352 g/mol. The molecule has 1 nitrogen and oxygen atoms in total. The molecule has 1 heteroatoms. The molecule has 162 valence electrons. The first kappa shape index (κ1) is 22.6. The van der Waals surface area contributed by atoms with E-state index in [1.165, 1.54) is 43.3 Å². The largest absolute Gasteiger partial charge is 0.393 e. The topological polar surface area (TPSA) is 20.2 Å². The predicted molar refractivity (Wildman–Crippen MR) is 126 cm³/mol. The summed E-state index contributed by atoms with van der Waals surface area (Å²) >= 11 is 0. The Kier molecular flexibility index (Phi) is 7.31. The summed E-state index contributed by atoms with van der Waals surface area (Å²) in [5.74, 6) is 3.58. The van der Waals surface area contributed by atoms with E-state index >= 15 is 0 Å². The van der Waals surface area contributed by atoms with Crippen LogP contribution in [0.3, 0.4) is 0 Å². The molecule has 0 bridgehead atoms. The lowest BCUT2D eigenvalue weighted by Gasteiger charge is -2.44. The number of allylic oxidation sites excluding steroid dienone is 6. The summed E-state index contributed by atoms with van der Waals surface area (Å²) in [7, 11) is 0. The summed E-state index contributed by atoms with van der Waals surface area (Å²) < 4.78 is 0. The summed E-state index contributed by atoms with van der Waals surface area (Å²) in [5.41, 5.74) is 4.61. The van der Waals surface area contributed by atoms with Crippen LogP contribution < -0.4 is 0 Å². The maximum atomic E-state index is 10.0. The van der Waals surface area contributed by atoms with E-state index in [4.69, 9.17) is 0 Å². The lowest BCUT2D eigenvalue weighted by molar-refractivity contribution is 0.112. The Labute approximate surface area is 180 Å². The average Bonchev–Trinajstić information content (AvgIpc) is 3.04. The Morgan fingerprint density at radius 1 is 1.03 bits per heavy atom. The fourth-order valence-corrected chi connectivity index (χ4v) is 6.25. The summed E-state index contributed by atoms with van der Waals surface area (Å²) in [5, 5.41) is 10.0. The molecule has 0 aliphatic heterocycles. The number of fused-ring (bicyclic) bond motifs is 1. The molecular formula is C28H44O. The summed E-state index contributed by atoms with van der Waals surface area (Å²) in [6.07, 6.45) is 18.8. The van der Waals surface area contributed by atoms with E-state index in [9.17, 15) is 5.11 Å². The molecule has 0 saturated heterocycles. The van der Waals surface area contributed by atoms with Gasteiger partial charge in [-0.25, -0.2) is 0 Å². The van der Waals surface area contributed by atoms with Gasteiger partial charge in [0.25, 0.3) is 0 Å². The van der Waals surface area contributed by atoms with Gasteiger partial charge in [0.05, 0.1) is 6.10 Å². The highest BCUT2D eigenvalue weighted by atomic mass is 16.3. The molecule has 29 heavy (non-hydrogen) atoms. The highest BCUT2D eigenvalue weighted by Gasteiger charge is 2.50. The van der Waals surface area contributed by atoms with E-state index in [0.717, 1.165) is 37.0 Å². The van der Waals surface area contributed by atoms with Crippen LogP contribution in [0.4, 0.5) is 0 Å². The second-order valence-electron chi connectivity index (χ2n) is 10.9. The van der Waals surface area contributed by atoms with Crippen molar-refractivity contribution in [3.63, 3.8) is 0 Å². The van der Waals surface area contributed by atoms with Gasteiger partial charge in [-0.3, -0.25) is 0 Å². The zero-order valence-electron chi connectivity index (χ0n) is 19.6. The van der Waals surface area contributed by atoms with Gasteiger partial charge in [-0.2, -0.15) is 0 Å². The van der Waals surface area contributed by atoms with E-state index in [1.807, 2.05) is 0 Å². The van der Waals surface area contributed by atoms with Crippen molar-refractivity contribution in [3.8, 4) is 0 Å². The van der Waals surface area contributed by atoms with Gasteiger partial charge < -0.3 is 5.11 Å². The molecule has 6 atom stereocenters. The third kappa shape index (κ3) is 4.98. The fraction of sp³-hybridized carbons (Fsp3) is 0.714. The van der Waals surface area contributed by atoms with Crippen molar-refractivity contribution in [2.75, 3.05) is 0 Å². The Balaban J connectivity index is 1.75. The molecule has 3 rings (SSSR count). The normalized spacial score (nSPS) is 38.2. The second-order valence-corrected chi connectivity index (χ2v) is 10.9. The van der Waals surface area contributed by atoms with Crippen molar-refractivity contribution in [1.29, 1.82) is 0 Å². The first-order chi connectivity index (χ1) is 13.7. The van der Waals surface area contributed by atoms with Crippen LogP contribution in [0.5, 0.6) is 0 Å². The Morgan fingerprint density at radius 3 is 2.52 bits per heavy atom. The average molecular weight is 397 g/mol. The van der Waals surface area contributed by atoms with Crippen molar-refractivity contribution in [1.82, 2.24) is 0 Å². The van der Waals surface area contributed by atoms with Crippen LogP contribution in [0.15, 0.2) is 47.6 Å². The van der Waals surface area contributed by atoms with Gasteiger partial charge in [0.1, 0.15) is 0 Å². The van der Waals surface area contributed by atoms with E-state index in [-0.39, 0.29) is 6.10 Å². The highest BCUT2D eigenvalue weighted by molar-refractivity contribution is 5.36. The summed E-state index contributed by atoms with van der Waals surface area (Å²) in [6, 6.07) is 0. The number of aliphatic hydroxyl groups is 1. The molecule has 0 aromatic heterocycles. The molecule has 0 radical (unpaired) electrons. The van der Waals surface area contributed by atoms with Crippen LogP contribution >= 0.6 is 0 Å². The van der Waals surface area contributed by atoms with Gasteiger partial charge in [-0.1, -0.05) is 76.6 Å². The van der Waals surface area contributed by atoms with Gasteiger partial charge in [-0.05, 0) is 91.9 Å². The van der Waals surface area contributed by atoms with Gasteiger partial charge >= 0.3 is 0 Å². The van der Waals surface area contributed by atoms with Crippen molar-refractivity contribution < 1.29 is 5.11 Å².